The lowest BCUT2D eigenvalue weighted by Gasteiger charge is -2.09. The maximum atomic E-state index is 12.0. The minimum atomic E-state index is -0.991. The highest BCUT2D eigenvalue weighted by atomic mass is 35.5. The summed E-state index contributed by atoms with van der Waals surface area (Å²) >= 11 is 11.7. The van der Waals surface area contributed by atoms with Gasteiger partial charge < -0.3 is 5.32 Å². The van der Waals surface area contributed by atoms with Crippen LogP contribution in [-0.4, -0.2) is 23.1 Å². The van der Waals surface area contributed by atoms with Crippen molar-refractivity contribution in [2.45, 2.75) is 30.7 Å². The highest BCUT2D eigenvalue weighted by molar-refractivity contribution is 7.85. The van der Waals surface area contributed by atoms with Gasteiger partial charge in [-0.1, -0.05) is 23.2 Å². The molecule has 0 saturated carbocycles. The van der Waals surface area contributed by atoms with E-state index in [1.807, 2.05) is 7.05 Å². The van der Waals surface area contributed by atoms with Crippen LogP contribution in [-0.2, 0) is 10.8 Å². The third-order valence-electron chi connectivity index (χ3n) is 2.61. The van der Waals surface area contributed by atoms with Crippen LogP contribution < -0.4 is 5.32 Å². The number of hydrogen-bond acceptors (Lipinski definition) is 2. The van der Waals surface area contributed by atoms with Crippen molar-refractivity contribution in [3.8, 4) is 0 Å². The molecule has 17 heavy (non-hydrogen) atoms. The fraction of sp³-hybridized carbons (Fsp3) is 0.500. The third-order valence-corrected chi connectivity index (χ3v) is 4.79. The summed E-state index contributed by atoms with van der Waals surface area (Å²) in [5.41, 5.74) is 0. The minimum Gasteiger partial charge on any atom is -0.317 e. The summed E-state index contributed by atoms with van der Waals surface area (Å²) in [5, 5.41) is 4.11. The highest BCUT2D eigenvalue weighted by Crippen LogP contribution is 2.24. The maximum absolute atomic E-state index is 12.0. The Morgan fingerprint density at radius 1 is 1.35 bits per heavy atom. The van der Waals surface area contributed by atoms with Gasteiger partial charge in [0.15, 0.2) is 0 Å². The average molecular weight is 294 g/mol. The predicted molar refractivity (Wildman–Crippen MR) is 75.5 cm³/mol. The van der Waals surface area contributed by atoms with E-state index in [9.17, 15) is 4.21 Å². The largest absolute Gasteiger partial charge is 0.317 e. The first kappa shape index (κ1) is 15.0. The van der Waals surface area contributed by atoms with E-state index < -0.39 is 10.8 Å². The molecule has 0 aromatic heterocycles. The Morgan fingerprint density at radius 3 is 2.65 bits per heavy atom. The molecule has 1 rings (SSSR count). The summed E-state index contributed by atoms with van der Waals surface area (Å²) in [6.07, 6.45) is 1.94. The van der Waals surface area contributed by atoms with Crippen molar-refractivity contribution in [1.82, 2.24) is 5.32 Å². The van der Waals surface area contributed by atoms with Crippen LogP contribution in [0.5, 0.6) is 0 Å². The molecule has 2 nitrogen and oxygen atoms in total. The third kappa shape index (κ3) is 4.96. The number of nitrogens with one attached hydrogen (secondary N) is 1. The minimum absolute atomic E-state index is 0.459. The van der Waals surface area contributed by atoms with E-state index >= 15 is 0 Å². The van der Waals surface area contributed by atoms with Crippen LogP contribution in [0.25, 0.3) is 0 Å². The molecular weight excluding hydrogens is 277 g/mol. The number of rotatable bonds is 6. The number of benzene rings is 1. The zero-order chi connectivity index (χ0) is 12.8. The van der Waals surface area contributed by atoms with Crippen LogP contribution in [0.1, 0.15) is 19.8 Å². The summed E-state index contributed by atoms with van der Waals surface area (Å²) < 4.78 is 12.0. The molecule has 2 unspecified atom stereocenters. The van der Waals surface area contributed by atoms with Gasteiger partial charge in [0.1, 0.15) is 0 Å². The summed E-state index contributed by atoms with van der Waals surface area (Å²) in [4.78, 5) is 0.747. The molecular formula is C12H17Cl2NOS. The quantitative estimate of drug-likeness (QED) is 0.870. The van der Waals surface area contributed by atoms with E-state index in [0.29, 0.717) is 21.8 Å². The second-order valence-electron chi connectivity index (χ2n) is 3.96. The monoisotopic (exact) mass is 293 g/mol. The number of halogens is 2. The lowest BCUT2D eigenvalue weighted by Crippen LogP contribution is -2.21. The van der Waals surface area contributed by atoms with Gasteiger partial charge in [-0.15, -0.1) is 0 Å². The van der Waals surface area contributed by atoms with Gasteiger partial charge in [0.25, 0.3) is 0 Å². The Bertz CT molecular complexity index is 398. The standard InChI is InChI=1S/C12H17Cl2NOS/c1-9(15-2)4-3-7-17(16)10-5-6-11(13)12(14)8-10/h5-6,8-9,15H,3-4,7H2,1-2H3. The zero-order valence-electron chi connectivity index (χ0n) is 10.0. The molecule has 96 valence electrons. The van der Waals surface area contributed by atoms with E-state index in [4.69, 9.17) is 23.2 Å². The van der Waals surface area contributed by atoms with Crippen molar-refractivity contribution in [2.75, 3.05) is 12.8 Å². The molecule has 1 aromatic rings. The SMILES string of the molecule is CNC(C)CCCS(=O)c1ccc(Cl)c(Cl)c1. The van der Waals surface area contributed by atoms with E-state index in [1.54, 1.807) is 18.2 Å². The van der Waals surface area contributed by atoms with E-state index in [0.717, 1.165) is 17.7 Å². The molecule has 0 aliphatic heterocycles. The van der Waals surface area contributed by atoms with Crippen molar-refractivity contribution < 1.29 is 4.21 Å². The van der Waals surface area contributed by atoms with Crippen molar-refractivity contribution in [3.63, 3.8) is 0 Å². The van der Waals surface area contributed by atoms with Gasteiger partial charge in [-0.25, -0.2) is 0 Å². The number of hydrogen-bond donors (Lipinski definition) is 1. The first-order valence-corrected chi connectivity index (χ1v) is 7.62. The van der Waals surface area contributed by atoms with E-state index in [1.165, 1.54) is 0 Å². The lowest BCUT2D eigenvalue weighted by molar-refractivity contribution is 0.557. The Balaban J connectivity index is 2.50. The van der Waals surface area contributed by atoms with Crippen molar-refractivity contribution in [2.24, 2.45) is 0 Å². The second-order valence-corrected chi connectivity index (χ2v) is 6.34. The molecule has 5 heteroatoms. The molecule has 2 atom stereocenters. The fourth-order valence-corrected chi connectivity index (χ4v) is 2.90. The molecule has 1 aromatic carbocycles. The summed E-state index contributed by atoms with van der Waals surface area (Å²) in [7, 11) is 0.940. The van der Waals surface area contributed by atoms with Crippen LogP contribution in [0.3, 0.4) is 0 Å². The van der Waals surface area contributed by atoms with Gasteiger partial charge in [0.2, 0.25) is 0 Å². The lowest BCUT2D eigenvalue weighted by atomic mass is 10.2. The van der Waals surface area contributed by atoms with E-state index in [2.05, 4.69) is 12.2 Å². The molecule has 0 saturated heterocycles. The molecule has 0 spiro atoms. The molecule has 0 amide bonds. The van der Waals surface area contributed by atoms with Gasteiger partial charge >= 0.3 is 0 Å². The Hall–Kier alpha value is -0.0900. The van der Waals surface area contributed by atoms with Crippen LogP contribution >= 0.6 is 23.2 Å². The van der Waals surface area contributed by atoms with Gasteiger partial charge in [0, 0.05) is 16.7 Å². The molecule has 0 aliphatic rings. The van der Waals surface area contributed by atoms with Gasteiger partial charge in [-0.3, -0.25) is 4.21 Å². The second kappa shape index (κ2) is 7.37. The Labute approximate surface area is 115 Å². The van der Waals surface area contributed by atoms with Gasteiger partial charge in [0.05, 0.1) is 20.8 Å². The molecule has 0 aliphatic carbocycles. The van der Waals surface area contributed by atoms with Crippen LogP contribution in [0.15, 0.2) is 23.1 Å². The topological polar surface area (TPSA) is 29.1 Å². The van der Waals surface area contributed by atoms with Crippen molar-refractivity contribution in [3.05, 3.63) is 28.2 Å². The molecule has 0 bridgehead atoms. The Morgan fingerprint density at radius 2 is 2.06 bits per heavy atom. The highest BCUT2D eigenvalue weighted by Gasteiger charge is 2.07. The molecule has 0 heterocycles. The van der Waals surface area contributed by atoms with Crippen LogP contribution in [0, 0.1) is 0 Å². The normalized spacial score (nSPS) is 14.6. The maximum Gasteiger partial charge on any atom is 0.0604 e. The van der Waals surface area contributed by atoms with Gasteiger partial charge in [-0.05, 0) is 45.0 Å². The average Bonchev–Trinajstić information content (AvgIpc) is 2.32. The van der Waals surface area contributed by atoms with Gasteiger partial charge in [-0.2, -0.15) is 0 Å². The molecule has 0 radical (unpaired) electrons. The summed E-state index contributed by atoms with van der Waals surface area (Å²) in [6, 6.07) is 5.60. The molecule has 0 fully saturated rings. The Kier molecular flexibility index (Phi) is 6.49. The van der Waals surface area contributed by atoms with Crippen molar-refractivity contribution in [1.29, 1.82) is 0 Å². The van der Waals surface area contributed by atoms with Crippen LogP contribution in [0.4, 0.5) is 0 Å². The summed E-state index contributed by atoms with van der Waals surface area (Å²) in [6.45, 7) is 2.11. The fourth-order valence-electron chi connectivity index (χ4n) is 1.40. The first-order chi connectivity index (χ1) is 8.04. The van der Waals surface area contributed by atoms with Crippen LogP contribution in [0.2, 0.25) is 10.0 Å². The summed E-state index contributed by atoms with van der Waals surface area (Å²) in [5.74, 6) is 0.657. The zero-order valence-corrected chi connectivity index (χ0v) is 12.3. The van der Waals surface area contributed by atoms with Crippen molar-refractivity contribution >= 4 is 34.0 Å². The predicted octanol–water partition coefficient (Wildman–Crippen LogP) is 3.49. The molecule has 1 N–H and O–H groups in total. The van der Waals surface area contributed by atoms with E-state index in [-0.39, 0.29) is 0 Å². The smallest absolute Gasteiger partial charge is 0.0604 e. The first-order valence-electron chi connectivity index (χ1n) is 5.55.